The molecule has 0 aromatic carbocycles. The minimum Gasteiger partial charge on any atom is -0.368 e. The standard InChI is InChI=1S/C14H18N2O3S/c1-2-11(14(15)19)16-7-9(3-6-13(16)18)12-5-4-10(8-17)20-12/h4-5,8-9,11H,2-3,6-7H2,1H3,(H2,15,19). The van der Waals surface area contributed by atoms with Crippen LogP contribution in [0.25, 0.3) is 0 Å². The van der Waals surface area contributed by atoms with Gasteiger partial charge in [-0.3, -0.25) is 14.4 Å². The molecule has 1 fully saturated rings. The van der Waals surface area contributed by atoms with Gasteiger partial charge in [-0.1, -0.05) is 6.92 Å². The van der Waals surface area contributed by atoms with Crippen LogP contribution in [0.5, 0.6) is 0 Å². The third-order valence-electron chi connectivity index (χ3n) is 3.70. The number of hydrogen-bond acceptors (Lipinski definition) is 4. The van der Waals surface area contributed by atoms with E-state index in [0.29, 0.717) is 24.3 Å². The molecule has 5 nitrogen and oxygen atoms in total. The number of carbonyl (C=O) groups excluding carboxylic acids is 3. The maximum Gasteiger partial charge on any atom is 0.240 e. The van der Waals surface area contributed by atoms with Gasteiger partial charge in [0.25, 0.3) is 0 Å². The SMILES string of the molecule is CCC(C(N)=O)N1CC(c2ccc(C=O)s2)CCC1=O. The van der Waals surface area contributed by atoms with E-state index in [1.54, 1.807) is 11.0 Å². The Kier molecular flexibility index (Phi) is 4.54. The van der Waals surface area contributed by atoms with Crippen LogP contribution in [0, 0.1) is 0 Å². The van der Waals surface area contributed by atoms with Crippen LogP contribution < -0.4 is 5.73 Å². The lowest BCUT2D eigenvalue weighted by Crippen LogP contribution is -2.51. The van der Waals surface area contributed by atoms with Crippen molar-refractivity contribution in [2.75, 3.05) is 6.54 Å². The van der Waals surface area contributed by atoms with Gasteiger partial charge in [-0.25, -0.2) is 0 Å². The van der Waals surface area contributed by atoms with E-state index in [1.807, 2.05) is 13.0 Å². The smallest absolute Gasteiger partial charge is 0.240 e. The van der Waals surface area contributed by atoms with E-state index < -0.39 is 11.9 Å². The maximum atomic E-state index is 12.0. The molecule has 1 aliphatic heterocycles. The van der Waals surface area contributed by atoms with Gasteiger partial charge in [-0.2, -0.15) is 0 Å². The van der Waals surface area contributed by atoms with Crippen molar-refractivity contribution >= 4 is 29.4 Å². The van der Waals surface area contributed by atoms with Crippen molar-refractivity contribution in [1.82, 2.24) is 4.90 Å². The molecule has 2 N–H and O–H groups in total. The minimum atomic E-state index is -0.532. The quantitative estimate of drug-likeness (QED) is 0.836. The van der Waals surface area contributed by atoms with Crippen molar-refractivity contribution in [3.8, 4) is 0 Å². The second-order valence-electron chi connectivity index (χ2n) is 4.97. The molecule has 0 radical (unpaired) electrons. The van der Waals surface area contributed by atoms with E-state index in [4.69, 9.17) is 5.73 Å². The van der Waals surface area contributed by atoms with Gasteiger partial charge in [0.2, 0.25) is 11.8 Å². The lowest BCUT2D eigenvalue weighted by Gasteiger charge is -2.36. The number of hydrogen-bond donors (Lipinski definition) is 1. The summed E-state index contributed by atoms with van der Waals surface area (Å²) in [6.07, 6.45) is 2.53. The van der Waals surface area contributed by atoms with Crippen molar-refractivity contribution in [3.05, 3.63) is 21.9 Å². The van der Waals surface area contributed by atoms with E-state index in [9.17, 15) is 14.4 Å². The fourth-order valence-corrected chi connectivity index (χ4v) is 3.58. The number of rotatable bonds is 5. The lowest BCUT2D eigenvalue weighted by atomic mass is 9.94. The summed E-state index contributed by atoms with van der Waals surface area (Å²) < 4.78 is 0. The van der Waals surface area contributed by atoms with Crippen LogP contribution in [0.3, 0.4) is 0 Å². The number of piperidine rings is 1. The van der Waals surface area contributed by atoms with Crippen molar-refractivity contribution < 1.29 is 14.4 Å². The van der Waals surface area contributed by atoms with Gasteiger partial charge >= 0.3 is 0 Å². The first kappa shape index (κ1) is 14.7. The first-order chi connectivity index (χ1) is 9.56. The van der Waals surface area contributed by atoms with Crippen LogP contribution in [-0.4, -0.2) is 35.6 Å². The Morgan fingerprint density at radius 3 is 2.90 bits per heavy atom. The number of primary amides is 1. The largest absolute Gasteiger partial charge is 0.368 e. The average Bonchev–Trinajstić information content (AvgIpc) is 2.90. The average molecular weight is 294 g/mol. The number of nitrogens with zero attached hydrogens (tertiary/aromatic N) is 1. The molecule has 2 unspecified atom stereocenters. The van der Waals surface area contributed by atoms with E-state index >= 15 is 0 Å². The van der Waals surface area contributed by atoms with Crippen LogP contribution in [0.2, 0.25) is 0 Å². The summed E-state index contributed by atoms with van der Waals surface area (Å²) in [5.41, 5.74) is 5.37. The second kappa shape index (κ2) is 6.17. The molecule has 108 valence electrons. The maximum absolute atomic E-state index is 12.0. The van der Waals surface area contributed by atoms with Crippen LogP contribution in [-0.2, 0) is 9.59 Å². The van der Waals surface area contributed by atoms with Crippen molar-refractivity contribution in [3.63, 3.8) is 0 Å². The first-order valence-electron chi connectivity index (χ1n) is 6.70. The normalized spacial score (nSPS) is 20.8. The van der Waals surface area contributed by atoms with Gasteiger partial charge in [-0.05, 0) is 25.0 Å². The molecule has 2 atom stereocenters. The Morgan fingerprint density at radius 2 is 2.35 bits per heavy atom. The summed E-state index contributed by atoms with van der Waals surface area (Å²) in [6, 6.07) is 3.19. The topological polar surface area (TPSA) is 80.5 Å². The summed E-state index contributed by atoms with van der Waals surface area (Å²) in [5.74, 6) is -0.292. The highest BCUT2D eigenvalue weighted by Crippen LogP contribution is 2.33. The molecule has 0 bridgehead atoms. The number of likely N-dealkylation sites (tertiary alicyclic amines) is 1. The van der Waals surface area contributed by atoms with Crippen LogP contribution in [0.15, 0.2) is 12.1 Å². The van der Waals surface area contributed by atoms with Crippen LogP contribution >= 0.6 is 11.3 Å². The molecule has 0 spiro atoms. The Hall–Kier alpha value is -1.69. The summed E-state index contributed by atoms with van der Waals surface area (Å²) in [4.78, 5) is 37.6. The molecule has 2 heterocycles. The summed E-state index contributed by atoms with van der Waals surface area (Å²) in [5, 5.41) is 0. The van der Waals surface area contributed by atoms with Crippen molar-refractivity contribution in [1.29, 1.82) is 0 Å². The minimum absolute atomic E-state index is 0.0148. The molecular weight excluding hydrogens is 276 g/mol. The number of carbonyl (C=O) groups is 3. The highest BCUT2D eigenvalue weighted by Gasteiger charge is 2.33. The Balaban J connectivity index is 2.16. The molecule has 1 aliphatic rings. The number of nitrogens with two attached hydrogens (primary N) is 1. The Morgan fingerprint density at radius 1 is 1.60 bits per heavy atom. The van der Waals surface area contributed by atoms with Gasteiger partial charge in [-0.15, -0.1) is 11.3 Å². The van der Waals surface area contributed by atoms with Crippen LogP contribution in [0.4, 0.5) is 0 Å². The van der Waals surface area contributed by atoms with E-state index in [1.165, 1.54) is 11.3 Å². The molecule has 2 amide bonds. The molecule has 2 rings (SSSR count). The lowest BCUT2D eigenvalue weighted by molar-refractivity contribution is -0.142. The zero-order chi connectivity index (χ0) is 14.7. The Bertz CT molecular complexity index is 526. The van der Waals surface area contributed by atoms with Gasteiger partial charge in [0.1, 0.15) is 6.04 Å². The number of amides is 2. The fraction of sp³-hybridized carbons (Fsp3) is 0.500. The van der Waals surface area contributed by atoms with Crippen molar-refractivity contribution in [2.45, 2.75) is 38.1 Å². The highest BCUT2D eigenvalue weighted by molar-refractivity contribution is 7.13. The van der Waals surface area contributed by atoms with Gasteiger partial charge in [0.15, 0.2) is 6.29 Å². The number of aldehydes is 1. The zero-order valence-corrected chi connectivity index (χ0v) is 12.2. The van der Waals surface area contributed by atoms with Gasteiger partial charge in [0.05, 0.1) is 4.88 Å². The molecular formula is C14H18N2O3S. The highest BCUT2D eigenvalue weighted by atomic mass is 32.1. The van der Waals surface area contributed by atoms with Gasteiger partial charge in [0, 0.05) is 23.8 Å². The molecule has 0 saturated carbocycles. The monoisotopic (exact) mass is 294 g/mol. The molecule has 1 aromatic heterocycles. The van der Waals surface area contributed by atoms with E-state index in [2.05, 4.69) is 0 Å². The summed E-state index contributed by atoms with van der Waals surface area (Å²) >= 11 is 1.45. The fourth-order valence-electron chi connectivity index (χ4n) is 2.63. The van der Waals surface area contributed by atoms with Crippen molar-refractivity contribution in [2.24, 2.45) is 5.73 Å². The summed E-state index contributed by atoms with van der Waals surface area (Å²) in [7, 11) is 0. The molecule has 1 aromatic rings. The third kappa shape index (κ3) is 2.90. The predicted molar refractivity (Wildman–Crippen MR) is 76.7 cm³/mol. The number of thiophene rings is 1. The zero-order valence-electron chi connectivity index (χ0n) is 11.4. The molecule has 1 saturated heterocycles. The van der Waals surface area contributed by atoms with E-state index in [-0.39, 0.29) is 11.8 Å². The second-order valence-corrected chi connectivity index (χ2v) is 6.11. The third-order valence-corrected chi connectivity index (χ3v) is 4.87. The van der Waals surface area contributed by atoms with E-state index in [0.717, 1.165) is 17.6 Å². The molecule has 0 aliphatic carbocycles. The van der Waals surface area contributed by atoms with Crippen LogP contribution in [0.1, 0.15) is 46.7 Å². The Labute approximate surface area is 121 Å². The molecule has 6 heteroatoms. The first-order valence-corrected chi connectivity index (χ1v) is 7.52. The predicted octanol–water partition coefficient (Wildman–Crippen LogP) is 1.53. The molecule has 20 heavy (non-hydrogen) atoms. The van der Waals surface area contributed by atoms with Gasteiger partial charge < -0.3 is 10.6 Å². The summed E-state index contributed by atoms with van der Waals surface area (Å²) in [6.45, 7) is 2.35.